The van der Waals surface area contributed by atoms with E-state index < -0.39 is 11.0 Å². The number of hydrogen-bond donors (Lipinski definition) is 0. The maximum Gasteiger partial charge on any atom is 0.271 e. The van der Waals surface area contributed by atoms with Gasteiger partial charge >= 0.3 is 0 Å². The van der Waals surface area contributed by atoms with E-state index in [0.29, 0.717) is 18.0 Å². The van der Waals surface area contributed by atoms with Crippen LogP contribution in [0.2, 0.25) is 0 Å². The van der Waals surface area contributed by atoms with Gasteiger partial charge in [0.15, 0.2) is 6.10 Å². The maximum atomic E-state index is 12.9. The Balaban J connectivity index is 2.04. The monoisotopic (exact) mass is 404 g/mol. The molecule has 7 heteroatoms. The van der Waals surface area contributed by atoms with E-state index >= 15 is 0 Å². The standard InChI is InChI=1S/C18H17BrN2O4/c1-11(2)17-18(22)20(10-12-3-5-13(19)6-4-12)15-9-14(21(23)24)7-8-16(15)25-17/h3-9,11,17H,10H2,1-2H3. The number of amides is 1. The minimum absolute atomic E-state index is 0.0109. The molecule has 1 unspecified atom stereocenters. The summed E-state index contributed by atoms with van der Waals surface area (Å²) in [6, 6.07) is 12.0. The number of fused-ring (bicyclic) bond motifs is 1. The second-order valence-electron chi connectivity index (χ2n) is 6.24. The number of benzene rings is 2. The summed E-state index contributed by atoms with van der Waals surface area (Å²) in [7, 11) is 0. The summed E-state index contributed by atoms with van der Waals surface area (Å²) in [6.45, 7) is 4.15. The van der Waals surface area contributed by atoms with Crippen LogP contribution >= 0.6 is 15.9 Å². The first kappa shape index (κ1) is 17.4. The number of hydrogen-bond acceptors (Lipinski definition) is 4. The van der Waals surface area contributed by atoms with Crippen LogP contribution in [0.3, 0.4) is 0 Å². The van der Waals surface area contributed by atoms with Crippen molar-refractivity contribution in [3.8, 4) is 5.75 Å². The molecule has 1 aliphatic rings. The van der Waals surface area contributed by atoms with Crippen LogP contribution in [0, 0.1) is 16.0 Å². The number of ether oxygens (including phenoxy) is 1. The van der Waals surface area contributed by atoms with Gasteiger partial charge in [-0.2, -0.15) is 0 Å². The third kappa shape index (κ3) is 3.51. The first-order valence-corrected chi connectivity index (χ1v) is 8.67. The van der Waals surface area contributed by atoms with Crippen LogP contribution in [-0.4, -0.2) is 16.9 Å². The lowest BCUT2D eigenvalue weighted by Crippen LogP contribution is -2.48. The van der Waals surface area contributed by atoms with Gasteiger partial charge < -0.3 is 9.64 Å². The Labute approximate surface area is 153 Å². The van der Waals surface area contributed by atoms with Gasteiger partial charge in [-0.3, -0.25) is 14.9 Å². The van der Waals surface area contributed by atoms with Crippen LogP contribution in [-0.2, 0) is 11.3 Å². The molecule has 130 valence electrons. The average Bonchev–Trinajstić information content (AvgIpc) is 2.58. The van der Waals surface area contributed by atoms with Gasteiger partial charge in [0.2, 0.25) is 0 Å². The van der Waals surface area contributed by atoms with E-state index in [1.807, 2.05) is 38.1 Å². The molecule has 25 heavy (non-hydrogen) atoms. The number of carbonyl (C=O) groups excluding carboxylic acids is 1. The molecule has 0 saturated carbocycles. The van der Waals surface area contributed by atoms with Gasteiger partial charge in [0.25, 0.3) is 11.6 Å². The van der Waals surface area contributed by atoms with Crippen LogP contribution in [0.25, 0.3) is 0 Å². The first-order valence-electron chi connectivity index (χ1n) is 7.87. The lowest BCUT2D eigenvalue weighted by atomic mass is 10.0. The predicted octanol–water partition coefficient (Wildman–Crippen LogP) is 4.31. The molecule has 0 N–H and O–H groups in total. The fraction of sp³-hybridized carbons (Fsp3) is 0.278. The summed E-state index contributed by atoms with van der Waals surface area (Å²) in [5, 5.41) is 11.1. The zero-order chi connectivity index (χ0) is 18.1. The van der Waals surface area contributed by atoms with Crippen LogP contribution in [0.5, 0.6) is 5.75 Å². The fourth-order valence-electron chi connectivity index (χ4n) is 2.75. The SMILES string of the molecule is CC(C)C1Oc2ccc([N+](=O)[O-])cc2N(Cc2ccc(Br)cc2)C1=O. The lowest BCUT2D eigenvalue weighted by Gasteiger charge is -2.35. The molecule has 1 aliphatic heterocycles. The van der Waals surface area contributed by atoms with Crippen molar-refractivity contribution in [2.75, 3.05) is 4.90 Å². The summed E-state index contributed by atoms with van der Waals surface area (Å²) in [6.07, 6.45) is -0.607. The van der Waals surface area contributed by atoms with E-state index in [1.54, 1.807) is 11.0 Å². The van der Waals surface area contributed by atoms with E-state index in [-0.39, 0.29) is 17.5 Å². The predicted molar refractivity (Wildman–Crippen MR) is 97.7 cm³/mol. The maximum absolute atomic E-state index is 12.9. The molecule has 0 radical (unpaired) electrons. The minimum Gasteiger partial charge on any atom is -0.478 e. The number of nitro groups is 1. The molecule has 0 bridgehead atoms. The third-order valence-electron chi connectivity index (χ3n) is 4.07. The molecule has 0 aliphatic carbocycles. The molecular formula is C18H17BrN2O4. The van der Waals surface area contributed by atoms with Crippen LogP contribution in [0.4, 0.5) is 11.4 Å². The minimum atomic E-state index is -0.607. The Bertz CT molecular complexity index is 820. The first-order chi connectivity index (χ1) is 11.9. The molecule has 1 atom stereocenters. The zero-order valence-corrected chi connectivity index (χ0v) is 15.4. The number of halogens is 1. The van der Waals surface area contributed by atoms with Crippen molar-refractivity contribution in [1.82, 2.24) is 0 Å². The van der Waals surface area contributed by atoms with Crippen molar-refractivity contribution in [3.05, 3.63) is 62.6 Å². The van der Waals surface area contributed by atoms with Gasteiger partial charge in [-0.15, -0.1) is 0 Å². The molecular weight excluding hydrogens is 388 g/mol. The van der Waals surface area contributed by atoms with Gasteiger partial charge in [-0.1, -0.05) is 41.9 Å². The normalized spacial score (nSPS) is 16.6. The highest BCUT2D eigenvalue weighted by Gasteiger charge is 2.37. The Morgan fingerprint density at radius 2 is 1.92 bits per heavy atom. The van der Waals surface area contributed by atoms with E-state index in [4.69, 9.17) is 4.74 Å². The summed E-state index contributed by atoms with van der Waals surface area (Å²) < 4.78 is 6.75. The number of non-ortho nitro benzene ring substituents is 1. The van der Waals surface area contributed by atoms with Crippen LogP contribution in [0.15, 0.2) is 46.9 Å². The van der Waals surface area contributed by atoms with Crippen LogP contribution in [0.1, 0.15) is 19.4 Å². The average molecular weight is 405 g/mol. The largest absolute Gasteiger partial charge is 0.478 e. The molecule has 3 rings (SSSR count). The summed E-state index contributed by atoms with van der Waals surface area (Å²) in [5.74, 6) is 0.287. The van der Waals surface area contributed by atoms with Gasteiger partial charge in [0.05, 0.1) is 17.2 Å². The number of carbonyl (C=O) groups is 1. The molecule has 1 heterocycles. The summed E-state index contributed by atoms with van der Waals surface area (Å²) in [4.78, 5) is 25.1. The fourth-order valence-corrected chi connectivity index (χ4v) is 3.01. The number of anilines is 1. The lowest BCUT2D eigenvalue weighted by molar-refractivity contribution is -0.384. The van der Waals surface area contributed by atoms with Crippen molar-refractivity contribution >= 4 is 33.2 Å². The topological polar surface area (TPSA) is 72.7 Å². The summed E-state index contributed by atoms with van der Waals surface area (Å²) in [5.41, 5.74) is 1.29. The highest BCUT2D eigenvalue weighted by atomic mass is 79.9. The van der Waals surface area contributed by atoms with Crippen molar-refractivity contribution < 1.29 is 14.5 Å². The molecule has 0 saturated heterocycles. The number of nitro benzene ring substituents is 1. The second kappa shape index (κ2) is 6.84. The van der Waals surface area contributed by atoms with Gasteiger partial charge in [0, 0.05) is 16.6 Å². The van der Waals surface area contributed by atoms with Crippen molar-refractivity contribution in [2.45, 2.75) is 26.5 Å². The van der Waals surface area contributed by atoms with E-state index in [0.717, 1.165) is 10.0 Å². The molecule has 1 amide bonds. The number of nitrogens with zero attached hydrogens (tertiary/aromatic N) is 2. The van der Waals surface area contributed by atoms with Crippen molar-refractivity contribution in [3.63, 3.8) is 0 Å². The van der Waals surface area contributed by atoms with Gasteiger partial charge in [-0.05, 0) is 29.7 Å². The van der Waals surface area contributed by atoms with Crippen molar-refractivity contribution in [1.29, 1.82) is 0 Å². The van der Waals surface area contributed by atoms with Crippen LogP contribution < -0.4 is 9.64 Å². The highest BCUT2D eigenvalue weighted by molar-refractivity contribution is 9.10. The van der Waals surface area contributed by atoms with E-state index in [1.165, 1.54) is 12.1 Å². The highest BCUT2D eigenvalue weighted by Crippen LogP contribution is 2.39. The van der Waals surface area contributed by atoms with E-state index in [9.17, 15) is 14.9 Å². The second-order valence-corrected chi connectivity index (χ2v) is 7.16. The summed E-state index contributed by atoms with van der Waals surface area (Å²) >= 11 is 3.39. The van der Waals surface area contributed by atoms with Gasteiger partial charge in [0.1, 0.15) is 5.75 Å². The molecule has 2 aromatic carbocycles. The Hall–Kier alpha value is -2.41. The Kier molecular flexibility index (Phi) is 4.76. The number of rotatable bonds is 4. The van der Waals surface area contributed by atoms with Gasteiger partial charge in [-0.25, -0.2) is 0 Å². The third-order valence-corrected chi connectivity index (χ3v) is 4.60. The Morgan fingerprint density at radius 1 is 1.24 bits per heavy atom. The van der Waals surface area contributed by atoms with E-state index in [2.05, 4.69) is 15.9 Å². The molecule has 0 fully saturated rings. The Morgan fingerprint density at radius 3 is 2.52 bits per heavy atom. The molecule has 0 aromatic heterocycles. The molecule has 0 spiro atoms. The molecule has 6 nitrogen and oxygen atoms in total. The smallest absolute Gasteiger partial charge is 0.271 e. The van der Waals surface area contributed by atoms with Crippen molar-refractivity contribution in [2.24, 2.45) is 5.92 Å². The zero-order valence-electron chi connectivity index (χ0n) is 13.8. The molecule has 2 aromatic rings. The quantitative estimate of drug-likeness (QED) is 0.562.